The second-order valence-electron chi connectivity index (χ2n) is 3.68. The molecule has 0 radical (unpaired) electrons. The zero-order valence-corrected chi connectivity index (χ0v) is 8.24. The number of aliphatic hydroxyl groups is 1. The van der Waals surface area contributed by atoms with Crippen molar-refractivity contribution in [3.05, 3.63) is 35.9 Å². The molecule has 0 spiro atoms. The fraction of sp³-hybridized carbons (Fsp3) is 0.455. The van der Waals surface area contributed by atoms with E-state index >= 15 is 0 Å². The molecule has 0 amide bonds. The van der Waals surface area contributed by atoms with Gasteiger partial charge < -0.3 is 5.11 Å². The molecule has 1 nitrogen and oxygen atoms in total. The molecule has 1 unspecified atom stereocenters. The summed E-state index contributed by atoms with van der Waals surface area (Å²) in [5.41, 5.74) is -0.138. The summed E-state index contributed by atoms with van der Waals surface area (Å²) in [6, 6.07) is 7.39. The normalized spacial score (nSPS) is 14.4. The summed E-state index contributed by atoms with van der Waals surface area (Å²) in [6.07, 6.45) is -1.63. The Morgan fingerprint density at radius 3 is 2.07 bits per heavy atom. The van der Waals surface area contributed by atoms with Gasteiger partial charge in [-0.25, -0.2) is 0 Å². The highest BCUT2D eigenvalue weighted by Crippen LogP contribution is 2.34. The molecule has 1 rings (SSSR count). The Labute approximate surface area is 82.4 Å². The molecule has 0 aromatic heterocycles. The lowest BCUT2D eigenvalue weighted by molar-refractivity contribution is -0.132. The Morgan fingerprint density at radius 2 is 1.64 bits per heavy atom. The van der Waals surface area contributed by atoms with Crippen molar-refractivity contribution in [3.8, 4) is 0 Å². The van der Waals surface area contributed by atoms with Crippen molar-refractivity contribution >= 4 is 0 Å². The molecule has 0 saturated heterocycles. The first kappa shape index (κ1) is 11.1. The molecule has 0 fully saturated rings. The van der Waals surface area contributed by atoms with E-state index in [2.05, 4.69) is 0 Å². The van der Waals surface area contributed by atoms with Gasteiger partial charge in [0.05, 0.1) is 0 Å². The van der Waals surface area contributed by atoms with E-state index in [-0.39, 0.29) is 5.56 Å². The molecule has 0 aliphatic carbocycles. The topological polar surface area (TPSA) is 20.2 Å². The van der Waals surface area contributed by atoms with Crippen LogP contribution < -0.4 is 0 Å². The first-order valence-corrected chi connectivity index (χ1v) is 4.57. The van der Waals surface area contributed by atoms with Gasteiger partial charge in [-0.3, -0.25) is 0 Å². The Hall–Kier alpha value is -0.960. The summed E-state index contributed by atoms with van der Waals surface area (Å²) in [6.45, 7) is 3.14. The van der Waals surface area contributed by atoms with E-state index in [1.807, 2.05) is 0 Å². The molecule has 0 aliphatic heterocycles. The number of hydrogen-bond donors (Lipinski definition) is 1. The van der Waals surface area contributed by atoms with Gasteiger partial charge in [-0.2, -0.15) is 8.78 Å². The molecule has 1 aromatic rings. The monoisotopic (exact) mass is 200 g/mol. The van der Waals surface area contributed by atoms with Gasteiger partial charge in [0.25, 0.3) is 5.92 Å². The van der Waals surface area contributed by atoms with Crippen LogP contribution in [0.5, 0.6) is 0 Å². The zero-order chi connectivity index (χ0) is 10.8. The number of alkyl halides is 2. The Kier molecular flexibility index (Phi) is 3.21. The molecule has 1 N–H and O–H groups in total. The fourth-order valence-corrected chi connectivity index (χ4v) is 1.25. The largest absolute Gasteiger partial charge is 0.386 e. The number of aliphatic hydroxyl groups excluding tert-OH is 1. The second kappa shape index (κ2) is 4.05. The Morgan fingerprint density at radius 1 is 1.14 bits per heavy atom. The number of rotatable bonds is 3. The molecular formula is C11H14F2O. The van der Waals surface area contributed by atoms with Crippen LogP contribution in [0.3, 0.4) is 0 Å². The van der Waals surface area contributed by atoms with E-state index in [0.717, 1.165) is 0 Å². The third-order valence-electron chi connectivity index (χ3n) is 2.16. The molecule has 0 heterocycles. The summed E-state index contributed by atoms with van der Waals surface area (Å²) in [7, 11) is 0. The molecular weight excluding hydrogens is 186 g/mol. The van der Waals surface area contributed by atoms with Gasteiger partial charge in [0.1, 0.15) is 6.10 Å². The first-order chi connectivity index (χ1) is 6.46. The van der Waals surface area contributed by atoms with E-state index in [9.17, 15) is 13.9 Å². The fourth-order valence-electron chi connectivity index (χ4n) is 1.25. The minimum absolute atomic E-state index is 0.138. The molecule has 0 saturated carbocycles. The summed E-state index contributed by atoms with van der Waals surface area (Å²) in [5.74, 6) is -3.64. The van der Waals surface area contributed by atoms with E-state index in [1.165, 1.54) is 24.3 Å². The molecule has 0 aliphatic rings. The van der Waals surface area contributed by atoms with Crippen LogP contribution in [-0.2, 0) is 5.92 Å². The minimum Gasteiger partial charge on any atom is -0.386 e. The number of halogens is 2. The van der Waals surface area contributed by atoms with E-state index < -0.39 is 17.9 Å². The summed E-state index contributed by atoms with van der Waals surface area (Å²) >= 11 is 0. The van der Waals surface area contributed by atoms with Gasteiger partial charge >= 0.3 is 0 Å². The van der Waals surface area contributed by atoms with Gasteiger partial charge in [0, 0.05) is 5.56 Å². The highest BCUT2D eigenvalue weighted by molar-refractivity contribution is 5.21. The molecule has 78 valence electrons. The van der Waals surface area contributed by atoms with Crippen molar-refractivity contribution in [2.75, 3.05) is 0 Å². The predicted molar refractivity (Wildman–Crippen MR) is 51.2 cm³/mol. The summed E-state index contributed by atoms with van der Waals surface area (Å²) < 4.78 is 27.1. The first-order valence-electron chi connectivity index (χ1n) is 4.57. The van der Waals surface area contributed by atoms with Crippen LogP contribution in [0, 0.1) is 5.92 Å². The highest BCUT2D eigenvalue weighted by Gasteiger charge is 2.41. The molecule has 1 aromatic carbocycles. The smallest absolute Gasteiger partial charge is 0.298 e. The Bertz CT molecular complexity index is 283. The van der Waals surface area contributed by atoms with Crippen LogP contribution in [0.15, 0.2) is 30.3 Å². The number of hydrogen-bond acceptors (Lipinski definition) is 1. The third-order valence-corrected chi connectivity index (χ3v) is 2.16. The van der Waals surface area contributed by atoms with Crippen LogP contribution in [0.1, 0.15) is 19.4 Å². The molecule has 14 heavy (non-hydrogen) atoms. The van der Waals surface area contributed by atoms with Crippen LogP contribution >= 0.6 is 0 Å². The second-order valence-corrected chi connectivity index (χ2v) is 3.68. The minimum atomic E-state index is -3.17. The molecule has 0 bridgehead atoms. The standard InChI is InChI=1S/C11H14F2O/c1-8(2)10(14)11(12,13)9-6-4-3-5-7-9/h3-8,10,14H,1-2H3. The van der Waals surface area contributed by atoms with Crippen molar-refractivity contribution < 1.29 is 13.9 Å². The van der Waals surface area contributed by atoms with Gasteiger partial charge in [-0.05, 0) is 5.92 Å². The highest BCUT2D eigenvalue weighted by atomic mass is 19.3. The van der Waals surface area contributed by atoms with Crippen molar-refractivity contribution in [2.45, 2.75) is 25.9 Å². The predicted octanol–water partition coefficient (Wildman–Crippen LogP) is 2.80. The van der Waals surface area contributed by atoms with E-state index in [0.29, 0.717) is 0 Å². The van der Waals surface area contributed by atoms with Crippen molar-refractivity contribution in [1.29, 1.82) is 0 Å². The Balaban J connectivity index is 2.96. The van der Waals surface area contributed by atoms with Crippen LogP contribution in [-0.4, -0.2) is 11.2 Å². The summed E-state index contributed by atoms with van der Waals surface area (Å²) in [4.78, 5) is 0. The van der Waals surface area contributed by atoms with Crippen molar-refractivity contribution in [2.24, 2.45) is 5.92 Å². The number of benzene rings is 1. The van der Waals surface area contributed by atoms with Crippen LogP contribution in [0.25, 0.3) is 0 Å². The van der Waals surface area contributed by atoms with Crippen molar-refractivity contribution in [1.82, 2.24) is 0 Å². The third kappa shape index (κ3) is 2.10. The SMILES string of the molecule is CC(C)C(O)C(F)(F)c1ccccc1. The van der Waals surface area contributed by atoms with Gasteiger partial charge in [0.15, 0.2) is 0 Å². The lowest BCUT2D eigenvalue weighted by atomic mass is 9.95. The van der Waals surface area contributed by atoms with Crippen molar-refractivity contribution in [3.63, 3.8) is 0 Å². The van der Waals surface area contributed by atoms with Gasteiger partial charge in [0.2, 0.25) is 0 Å². The lowest BCUT2D eigenvalue weighted by Crippen LogP contribution is -2.35. The summed E-state index contributed by atoms with van der Waals surface area (Å²) in [5, 5.41) is 9.36. The lowest BCUT2D eigenvalue weighted by Gasteiger charge is -2.25. The van der Waals surface area contributed by atoms with Gasteiger partial charge in [-0.1, -0.05) is 44.2 Å². The van der Waals surface area contributed by atoms with Crippen LogP contribution in [0.4, 0.5) is 8.78 Å². The van der Waals surface area contributed by atoms with E-state index in [1.54, 1.807) is 19.9 Å². The average molecular weight is 200 g/mol. The van der Waals surface area contributed by atoms with Gasteiger partial charge in [-0.15, -0.1) is 0 Å². The maximum Gasteiger partial charge on any atom is 0.298 e. The average Bonchev–Trinajstić information content (AvgIpc) is 2.18. The molecule has 3 heteroatoms. The molecule has 1 atom stereocenters. The van der Waals surface area contributed by atoms with E-state index in [4.69, 9.17) is 0 Å². The van der Waals surface area contributed by atoms with Crippen LogP contribution in [0.2, 0.25) is 0 Å². The maximum atomic E-state index is 13.6. The quantitative estimate of drug-likeness (QED) is 0.795. The maximum absolute atomic E-state index is 13.6. The zero-order valence-electron chi connectivity index (χ0n) is 8.24.